The van der Waals surface area contributed by atoms with Crippen LogP contribution in [-0.2, 0) is 5.60 Å². The second-order valence-electron chi connectivity index (χ2n) is 4.18. The predicted molar refractivity (Wildman–Crippen MR) is 60.1 cm³/mol. The van der Waals surface area contributed by atoms with E-state index in [-0.39, 0.29) is 0 Å². The minimum absolute atomic E-state index is 0.783. The molecule has 0 bridgehead atoms. The fourth-order valence-corrected chi connectivity index (χ4v) is 1.65. The molecule has 0 aliphatic rings. The molecular weight excluding hydrogens is 190 g/mol. The van der Waals surface area contributed by atoms with E-state index in [9.17, 15) is 5.11 Å². The summed E-state index contributed by atoms with van der Waals surface area (Å²) in [6.07, 6.45) is 1.86. The lowest BCUT2D eigenvalue weighted by Crippen LogP contribution is -2.15. The van der Waals surface area contributed by atoms with Crippen LogP contribution in [0.15, 0.2) is 24.4 Å². The summed E-state index contributed by atoms with van der Waals surface area (Å²) < 4.78 is 5.29. The van der Waals surface area contributed by atoms with Gasteiger partial charge < -0.3 is 14.8 Å². The Labute approximate surface area is 88.7 Å². The number of methoxy groups -OCH3 is 1. The highest BCUT2D eigenvalue weighted by Gasteiger charge is 2.18. The van der Waals surface area contributed by atoms with Gasteiger partial charge in [-0.15, -0.1) is 0 Å². The van der Waals surface area contributed by atoms with Crippen molar-refractivity contribution in [1.82, 2.24) is 4.98 Å². The number of fused-ring (bicyclic) bond motifs is 1. The van der Waals surface area contributed by atoms with Crippen LogP contribution in [-0.4, -0.2) is 17.2 Å². The molecule has 1 heterocycles. The minimum atomic E-state index is -0.855. The van der Waals surface area contributed by atoms with Gasteiger partial charge in [-0.2, -0.15) is 0 Å². The van der Waals surface area contributed by atoms with Crippen LogP contribution >= 0.6 is 0 Å². The van der Waals surface area contributed by atoms with Crippen LogP contribution in [0.1, 0.15) is 19.4 Å². The second-order valence-corrected chi connectivity index (χ2v) is 4.18. The Balaban J connectivity index is 2.69. The molecule has 1 aromatic carbocycles. The highest BCUT2D eigenvalue weighted by atomic mass is 16.5. The maximum absolute atomic E-state index is 9.94. The van der Waals surface area contributed by atoms with E-state index in [2.05, 4.69) is 4.98 Å². The van der Waals surface area contributed by atoms with Gasteiger partial charge in [-0.25, -0.2) is 0 Å². The van der Waals surface area contributed by atoms with E-state index in [1.165, 1.54) is 0 Å². The summed E-state index contributed by atoms with van der Waals surface area (Å²) in [5, 5.41) is 11.0. The van der Waals surface area contributed by atoms with Crippen LogP contribution < -0.4 is 4.74 Å². The van der Waals surface area contributed by atoms with E-state index in [1.807, 2.05) is 24.4 Å². The van der Waals surface area contributed by atoms with E-state index >= 15 is 0 Å². The highest BCUT2D eigenvalue weighted by molar-refractivity contribution is 5.86. The Bertz CT molecular complexity index is 480. The van der Waals surface area contributed by atoms with Gasteiger partial charge in [-0.05, 0) is 37.6 Å². The van der Waals surface area contributed by atoms with Crippen molar-refractivity contribution in [3.63, 3.8) is 0 Å². The molecule has 0 aliphatic carbocycles. The lowest BCUT2D eigenvalue weighted by molar-refractivity contribution is 0.0785. The Morgan fingerprint density at radius 1 is 1.33 bits per heavy atom. The molecule has 0 fully saturated rings. The lowest BCUT2D eigenvalue weighted by Gasteiger charge is -2.18. The summed E-state index contributed by atoms with van der Waals surface area (Å²) in [4.78, 5) is 3.12. The van der Waals surface area contributed by atoms with Gasteiger partial charge in [0.25, 0.3) is 0 Å². The summed E-state index contributed by atoms with van der Waals surface area (Å²) in [7, 11) is 1.63. The van der Waals surface area contributed by atoms with Crippen molar-refractivity contribution in [2.75, 3.05) is 7.11 Å². The quantitative estimate of drug-likeness (QED) is 0.790. The molecule has 2 aromatic rings. The number of nitrogens with one attached hydrogen (secondary N) is 1. The third-order valence-electron chi connectivity index (χ3n) is 2.56. The number of H-pyrrole nitrogens is 1. The van der Waals surface area contributed by atoms with Crippen molar-refractivity contribution in [2.24, 2.45) is 0 Å². The summed E-state index contributed by atoms with van der Waals surface area (Å²) in [6, 6.07) is 5.77. The first kappa shape index (κ1) is 10.1. The molecule has 2 rings (SSSR count). The predicted octanol–water partition coefficient (Wildman–Crippen LogP) is 2.40. The van der Waals surface area contributed by atoms with Crippen LogP contribution in [0, 0.1) is 0 Å². The number of hydrogen-bond donors (Lipinski definition) is 2. The molecule has 0 amide bonds. The van der Waals surface area contributed by atoms with E-state index in [4.69, 9.17) is 4.74 Å². The average molecular weight is 205 g/mol. The zero-order valence-electron chi connectivity index (χ0n) is 9.16. The van der Waals surface area contributed by atoms with Gasteiger partial charge in [0, 0.05) is 17.1 Å². The molecule has 0 saturated heterocycles. The van der Waals surface area contributed by atoms with Gasteiger partial charge >= 0.3 is 0 Å². The fourth-order valence-electron chi connectivity index (χ4n) is 1.65. The molecule has 80 valence electrons. The molecule has 3 heteroatoms. The maximum atomic E-state index is 9.94. The summed E-state index contributed by atoms with van der Waals surface area (Å²) in [5.74, 6) is 0.783. The van der Waals surface area contributed by atoms with Crippen LogP contribution in [0.5, 0.6) is 5.75 Å². The van der Waals surface area contributed by atoms with Crippen LogP contribution in [0.3, 0.4) is 0 Å². The van der Waals surface area contributed by atoms with E-state index in [0.29, 0.717) is 0 Å². The van der Waals surface area contributed by atoms with Gasteiger partial charge in [-0.1, -0.05) is 0 Å². The number of aromatic amines is 1. The van der Waals surface area contributed by atoms with E-state index in [0.717, 1.165) is 22.2 Å². The summed E-state index contributed by atoms with van der Waals surface area (Å²) in [6.45, 7) is 3.52. The molecule has 0 aliphatic heterocycles. The minimum Gasteiger partial charge on any atom is -0.496 e. The molecule has 1 aromatic heterocycles. The van der Waals surface area contributed by atoms with Gasteiger partial charge in [0.05, 0.1) is 12.7 Å². The number of aromatic nitrogens is 1. The summed E-state index contributed by atoms with van der Waals surface area (Å²) >= 11 is 0. The zero-order valence-corrected chi connectivity index (χ0v) is 9.16. The van der Waals surface area contributed by atoms with Crippen LogP contribution in [0.2, 0.25) is 0 Å². The Kier molecular flexibility index (Phi) is 2.20. The van der Waals surface area contributed by atoms with Crippen molar-refractivity contribution in [2.45, 2.75) is 19.4 Å². The molecule has 0 unspecified atom stereocenters. The molecule has 0 spiro atoms. The maximum Gasteiger partial charge on any atom is 0.128 e. The standard InChI is InChI=1S/C12H15NO2/c1-12(2,14)8-6-10-9(4-5-13-10)11(7-8)15-3/h4-7,13-14H,1-3H3. The first-order valence-electron chi connectivity index (χ1n) is 4.90. The third-order valence-corrected chi connectivity index (χ3v) is 2.56. The largest absolute Gasteiger partial charge is 0.496 e. The monoisotopic (exact) mass is 205 g/mol. The number of hydrogen-bond acceptors (Lipinski definition) is 2. The summed E-state index contributed by atoms with van der Waals surface area (Å²) in [5.41, 5.74) is 0.966. The first-order chi connectivity index (χ1) is 7.02. The number of ether oxygens (including phenoxy) is 1. The lowest BCUT2D eigenvalue weighted by atomic mass is 9.97. The molecule has 0 radical (unpaired) electrons. The Hall–Kier alpha value is -1.48. The molecule has 2 N–H and O–H groups in total. The van der Waals surface area contributed by atoms with Crippen molar-refractivity contribution in [3.05, 3.63) is 30.0 Å². The second kappa shape index (κ2) is 3.28. The molecule has 3 nitrogen and oxygen atoms in total. The number of benzene rings is 1. The van der Waals surface area contributed by atoms with Crippen molar-refractivity contribution in [3.8, 4) is 5.75 Å². The normalized spacial score (nSPS) is 12.0. The first-order valence-corrected chi connectivity index (χ1v) is 4.90. The van der Waals surface area contributed by atoms with Crippen molar-refractivity contribution < 1.29 is 9.84 Å². The Morgan fingerprint density at radius 3 is 2.67 bits per heavy atom. The zero-order chi connectivity index (χ0) is 11.1. The van der Waals surface area contributed by atoms with Gasteiger partial charge in [0.1, 0.15) is 5.75 Å². The molecule has 0 atom stereocenters. The molecule has 0 saturated carbocycles. The van der Waals surface area contributed by atoms with Crippen LogP contribution in [0.4, 0.5) is 0 Å². The van der Waals surface area contributed by atoms with Gasteiger partial charge in [0.15, 0.2) is 0 Å². The van der Waals surface area contributed by atoms with Gasteiger partial charge in [0.2, 0.25) is 0 Å². The highest BCUT2D eigenvalue weighted by Crippen LogP contribution is 2.31. The van der Waals surface area contributed by atoms with E-state index in [1.54, 1.807) is 21.0 Å². The smallest absolute Gasteiger partial charge is 0.128 e. The number of rotatable bonds is 2. The SMILES string of the molecule is COc1cc(C(C)(C)O)cc2[nH]ccc12. The van der Waals surface area contributed by atoms with Gasteiger partial charge in [-0.3, -0.25) is 0 Å². The topological polar surface area (TPSA) is 45.2 Å². The van der Waals surface area contributed by atoms with Crippen LogP contribution in [0.25, 0.3) is 10.9 Å². The number of aliphatic hydroxyl groups is 1. The fraction of sp³-hybridized carbons (Fsp3) is 0.333. The third kappa shape index (κ3) is 1.70. The molecule has 15 heavy (non-hydrogen) atoms. The van der Waals surface area contributed by atoms with Crippen molar-refractivity contribution in [1.29, 1.82) is 0 Å². The van der Waals surface area contributed by atoms with E-state index < -0.39 is 5.60 Å². The van der Waals surface area contributed by atoms with Crippen molar-refractivity contribution >= 4 is 10.9 Å². The average Bonchev–Trinajstić information content (AvgIpc) is 2.62. The Morgan fingerprint density at radius 2 is 2.07 bits per heavy atom. The molecular formula is C12H15NO2.